The second kappa shape index (κ2) is 11.8. The maximum atomic E-state index is 13.5. The monoisotopic (exact) mass is 516 g/mol. The maximum Gasteiger partial charge on any atom is 0.416 e. The second-order valence-electron chi connectivity index (χ2n) is 10.5. The maximum absolute atomic E-state index is 13.5. The lowest BCUT2D eigenvalue weighted by Gasteiger charge is -2.46. The van der Waals surface area contributed by atoms with E-state index in [9.17, 15) is 22.8 Å². The van der Waals surface area contributed by atoms with Gasteiger partial charge in [-0.3, -0.25) is 9.59 Å². The highest BCUT2D eigenvalue weighted by molar-refractivity contribution is 5.99. The quantitative estimate of drug-likeness (QED) is 0.373. The summed E-state index contributed by atoms with van der Waals surface area (Å²) in [4.78, 5) is 26.6. The number of alkyl halides is 3. The van der Waals surface area contributed by atoms with Crippen LogP contribution in [0.3, 0.4) is 0 Å². The summed E-state index contributed by atoms with van der Waals surface area (Å²) in [6.07, 6.45) is -1.98. The van der Waals surface area contributed by atoms with E-state index >= 15 is 0 Å². The summed E-state index contributed by atoms with van der Waals surface area (Å²) in [7, 11) is 3.88. The minimum absolute atomic E-state index is 0.0383. The topological polar surface area (TPSA) is 58.6 Å². The molecule has 5 nitrogen and oxygen atoms in total. The first kappa shape index (κ1) is 27.3. The number of hydrogen-bond acceptors (Lipinski definition) is 5. The minimum Gasteiger partial charge on any atom is -0.378 e. The van der Waals surface area contributed by atoms with Crippen LogP contribution in [-0.2, 0) is 20.5 Å². The summed E-state index contributed by atoms with van der Waals surface area (Å²) in [6.45, 7) is 0.800. The van der Waals surface area contributed by atoms with Crippen molar-refractivity contribution in [2.75, 3.05) is 26.0 Å². The van der Waals surface area contributed by atoms with E-state index in [1.807, 2.05) is 49.3 Å². The van der Waals surface area contributed by atoms with Gasteiger partial charge in [-0.25, -0.2) is 0 Å². The number of nitrogens with zero attached hydrogens (tertiary/aromatic N) is 1. The second-order valence-corrected chi connectivity index (χ2v) is 10.5. The highest BCUT2D eigenvalue weighted by Crippen LogP contribution is 2.51. The fraction of sp³-hybridized carbons (Fsp3) is 0.517. The predicted octanol–water partition coefficient (Wildman–Crippen LogP) is 6.36. The highest BCUT2D eigenvalue weighted by atomic mass is 19.4. The molecule has 0 saturated carbocycles. The van der Waals surface area contributed by atoms with E-state index in [0.29, 0.717) is 30.5 Å². The number of benzene rings is 2. The van der Waals surface area contributed by atoms with Gasteiger partial charge in [0.1, 0.15) is 11.6 Å². The predicted molar refractivity (Wildman–Crippen MR) is 136 cm³/mol. The standard InChI is InChI=1S/C29H35F3N2O3/c1-34(2)16-6-9-21(35)18-22(36)11-12-23-13-14-24-27(19-7-4-3-5-8-19)33-26-15-10-20(29(30,31)32)17-25(26)28(24)37-23/h3-5,7-8,10,15,17,23-24,27-28,33H,6,9,11-14,16,18H2,1-2H3/t23-,24-,27-,28-/m0/s1. The van der Waals surface area contributed by atoms with E-state index in [-0.39, 0.29) is 42.5 Å². The van der Waals surface area contributed by atoms with Gasteiger partial charge in [-0.05, 0) is 70.1 Å². The molecule has 2 aliphatic rings. The number of nitrogens with one attached hydrogen (secondary N) is 1. The molecule has 0 radical (unpaired) electrons. The summed E-state index contributed by atoms with van der Waals surface area (Å²) >= 11 is 0. The first-order valence-electron chi connectivity index (χ1n) is 13.0. The van der Waals surface area contributed by atoms with Crippen LogP contribution in [-0.4, -0.2) is 43.2 Å². The highest BCUT2D eigenvalue weighted by Gasteiger charge is 2.43. The number of anilines is 1. The number of carbonyl (C=O) groups excluding carboxylic acids is 2. The fourth-order valence-corrected chi connectivity index (χ4v) is 5.45. The molecule has 37 heavy (non-hydrogen) atoms. The van der Waals surface area contributed by atoms with Crippen molar-refractivity contribution in [3.63, 3.8) is 0 Å². The molecule has 200 valence electrons. The molecule has 1 saturated heterocycles. The van der Waals surface area contributed by atoms with Gasteiger partial charge in [-0.1, -0.05) is 30.3 Å². The van der Waals surface area contributed by atoms with Crippen LogP contribution in [0.15, 0.2) is 48.5 Å². The Hall–Kier alpha value is -2.71. The van der Waals surface area contributed by atoms with Crippen molar-refractivity contribution in [1.82, 2.24) is 4.90 Å². The van der Waals surface area contributed by atoms with Gasteiger partial charge in [0.05, 0.1) is 30.2 Å². The van der Waals surface area contributed by atoms with E-state index in [1.165, 1.54) is 12.1 Å². The van der Waals surface area contributed by atoms with Gasteiger partial charge in [0.2, 0.25) is 0 Å². The molecule has 4 rings (SSSR count). The van der Waals surface area contributed by atoms with Gasteiger partial charge >= 0.3 is 6.18 Å². The first-order valence-corrected chi connectivity index (χ1v) is 13.0. The van der Waals surface area contributed by atoms with Crippen LogP contribution >= 0.6 is 0 Å². The number of ether oxygens (including phenoxy) is 1. The lowest BCUT2D eigenvalue weighted by molar-refractivity contribution is -0.138. The Kier molecular flexibility index (Phi) is 8.70. The number of hydrogen-bond donors (Lipinski definition) is 1. The number of carbonyl (C=O) groups is 2. The molecule has 0 amide bonds. The molecule has 2 heterocycles. The minimum atomic E-state index is -4.44. The lowest BCUT2D eigenvalue weighted by Crippen LogP contribution is -2.39. The van der Waals surface area contributed by atoms with Crippen LogP contribution in [0.2, 0.25) is 0 Å². The molecule has 0 unspecified atom stereocenters. The molecule has 2 aliphatic heterocycles. The molecule has 0 aliphatic carbocycles. The van der Waals surface area contributed by atoms with Crippen LogP contribution in [0, 0.1) is 5.92 Å². The van der Waals surface area contributed by atoms with Crippen molar-refractivity contribution in [1.29, 1.82) is 0 Å². The van der Waals surface area contributed by atoms with Crippen LogP contribution in [0.4, 0.5) is 18.9 Å². The van der Waals surface area contributed by atoms with Gasteiger partial charge in [0, 0.05) is 30.0 Å². The third-order valence-corrected chi connectivity index (χ3v) is 7.33. The van der Waals surface area contributed by atoms with Crippen molar-refractivity contribution < 1.29 is 27.5 Å². The Balaban J connectivity index is 1.45. The molecular formula is C29H35F3N2O3. The zero-order chi connectivity index (χ0) is 26.6. The van der Waals surface area contributed by atoms with Crippen molar-refractivity contribution in [3.8, 4) is 0 Å². The molecule has 0 aromatic heterocycles. The molecule has 2 aromatic carbocycles. The summed E-state index contributed by atoms with van der Waals surface area (Å²) < 4.78 is 46.9. The summed E-state index contributed by atoms with van der Waals surface area (Å²) in [5, 5.41) is 3.46. The Morgan fingerprint density at radius 2 is 1.76 bits per heavy atom. The average Bonchev–Trinajstić information content (AvgIpc) is 2.86. The van der Waals surface area contributed by atoms with Crippen molar-refractivity contribution in [3.05, 3.63) is 65.2 Å². The number of Topliss-reactive ketones (excluding diaryl/α,β-unsaturated/α-hetero) is 2. The summed E-state index contributed by atoms with van der Waals surface area (Å²) in [5.74, 6) is -0.189. The van der Waals surface area contributed by atoms with Crippen molar-refractivity contribution in [2.24, 2.45) is 5.92 Å². The first-order chi connectivity index (χ1) is 17.6. The molecule has 0 bridgehead atoms. The molecule has 1 fully saturated rings. The smallest absolute Gasteiger partial charge is 0.378 e. The number of fused-ring (bicyclic) bond motifs is 3. The van der Waals surface area contributed by atoms with Crippen LogP contribution < -0.4 is 5.32 Å². The molecular weight excluding hydrogens is 481 g/mol. The molecule has 0 spiro atoms. The van der Waals surface area contributed by atoms with E-state index in [1.54, 1.807) is 0 Å². The fourth-order valence-electron chi connectivity index (χ4n) is 5.45. The Morgan fingerprint density at radius 1 is 1.03 bits per heavy atom. The SMILES string of the molecule is CN(C)CCCC(=O)CC(=O)CC[C@H]1CC[C@@H]2[C@H](O1)c1cc(C(F)(F)F)ccc1N[C@H]2c1ccccc1. The Labute approximate surface area is 216 Å². The Morgan fingerprint density at radius 3 is 2.46 bits per heavy atom. The van der Waals surface area contributed by atoms with Crippen LogP contribution in [0.5, 0.6) is 0 Å². The third kappa shape index (κ3) is 6.99. The van der Waals surface area contributed by atoms with E-state index < -0.39 is 17.8 Å². The third-order valence-electron chi connectivity index (χ3n) is 7.33. The van der Waals surface area contributed by atoms with E-state index in [0.717, 1.165) is 31.0 Å². The van der Waals surface area contributed by atoms with Crippen molar-refractivity contribution >= 4 is 17.3 Å². The van der Waals surface area contributed by atoms with E-state index in [4.69, 9.17) is 4.74 Å². The van der Waals surface area contributed by atoms with Gasteiger partial charge in [0.15, 0.2) is 0 Å². The largest absolute Gasteiger partial charge is 0.416 e. The van der Waals surface area contributed by atoms with Gasteiger partial charge in [-0.15, -0.1) is 0 Å². The van der Waals surface area contributed by atoms with Gasteiger partial charge < -0.3 is 15.0 Å². The molecule has 2 aromatic rings. The number of ketones is 2. The van der Waals surface area contributed by atoms with Gasteiger partial charge in [-0.2, -0.15) is 13.2 Å². The molecule has 8 heteroatoms. The van der Waals surface area contributed by atoms with Crippen LogP contribution in [0.1, 0.15) is 73.8 Å². The normalized spacial score (nSPS) is 23.2. The number of rotatable bonds is 10. The average molecular weight is 517 g/mol. The zero-order valence-electron chi connectivity index (χ0n) is 21.4. The molecule has 1 N–H and O–H groups in total. The molecule has 4 atom stereocenters. The van der Waals surface area contributed by atoms with Crippen LogP contribution in [0.25, 0.3) is 0 Å². The number of halogens is 3. The summed E-state index contributed by atoms with van der Waals surface area (Å²) in [5.41, 5.74) is 1.52. The van der Waals surface area contributed by atoms with Gasteiger partial charge in [0.25, 0.3) is 0 Å². The zero-order valence-corrected chi connectivity index (χ0v) is 21.4. The van der Waals surface area contributed by atoms with Crippen molar-refractivity contribution in [2.45, 2.75) is 69.4 Å². The Bertz CT molecular complexity index is 1090. The van der Waals surface area contributed by atoms with E-state index in [2.05, 4.69) is 5.32 Å². The lowest BCUT2D eigenvalue weighted by atomic mass is 9.76. The summed E-state index contributed by atoms with van der Waals surface area (Å²) in [6, 6.07) is 13.6.